The summed E-state index contributed by atoms with van der Waals surface area (Å²) in [6.45, 7) is 4.35. The second-order valence-corrected chi connectivity index (χ2v) is 5.13. The Bertz CT molecular complexity index is 525. The number of hydrogen-bond donors (Lipinski definition) is 0. The average molecular weight is 310 g/mol. The second-order valence-electron chi connectivity index (χ2n) is 4.31. The van der Waals surface area contributed by atoms with E-state index in [4.69, 9.17) is 27.9 Å². The summed E-state index contributed by atoms with van der Waals surface area (Å²) in [5, 5.41) is 1.08. The maximum atomic E-state index is 6.07. The molecule has 0 aromatic heterocycles. The van der Waals surface area contributed by atoms with Crippen LogP contribution in [0, 0.1) is 0 Å². The number of para-hydroxylation sites is 2. The molecule has 2 aromatic carbocycles. The van der Waals surface area contributed by atoms with Crippen LogP contribution in [0.5, 0.6) is 5.75 Å². The minimum atomic E-state index is 0.534. The number of anilines is 1. The molecule has 0 bridgehead atoms. The fraction of sp³-hybridized carbons (Fsp3) is 0.250. The molecule has 2 rings (SSSR count). The summed E-state index contributed by atoms with van der Waals surface area (Å²) >= 11 is 12.1. The minimum Gasteiger partial charge on any atom is -0.489 e. The summed E-state index contributed by atoms with van der Waals surface area (Å²) in [6.07, 6.45) is 0. The third-order valence-electron chi connectivity index (χ3n) is 3.03. The van der Waals surface area contributed by atoms with Gasteiger partial charge in [-0.05, 0) is 31.2 Å². The molecule has 0 saturated heterocycles. The van der Waals surface area contributed by atoms with Crippen molar-refractivity contribution >= 4 is 28.9 Å². The van der Waals surface area contributed by atoms with Gasteiger partial charge in [-0.25, -0.2) is 0 Å². The van der Waals surface area contributed by atoms with Gasteiger partial charge >= 0.3 is 0 Å². The summed E-state index contributed by atoms with van der Waals surface area (Å²) in [5.41, 5.74) is 1.18. The van der Waals surface area contributed by atoms with Crippen LogP contribution in [0.25, 0.3) is 0 Å². The molecule has 0 spiro atoms. The molecule has 0 amide bonds. The fourth-order valence-electron chi connectivity index (χ4n) is 1.99. The first kappa shape index (κ1) is 15.0. The molecule has 2 aromatic rings. The Balaban J connectivity index is 1.95. The molecule has 0 N–H and O–H groups in total. The van der Waals surface area contributed by atoms with Gasteiger partial charge in [-0.2, -0.15) is 0 Å². The number of ether oxygens (including phenoxy) is 1. The van der Waals surface area contributed by atoms with E-state index < -0.39 is 0 Å². The topological polar surface area (TPSA) is 12.5 Å². The van der Waals surface area contributed by atoms with E-state index in [1.165, 1.54) is 5.69 Å². The van der Waals surface area contributed by atoms with Crippen molar-refractivity contribution in [2.24, 2.45) is 0 Å². The SMILES string of the molecule is CCN(CCOc1c(Cl)cccc1Cl)c1ccccc1. The highest BCUT2D eigenvalue weighted by Crippen LogP contribution is 2.32. The molecule has 0 saturated carbocycles. The normalized spacial score (nSPS) is 10.3. The highest BCUT2D eigenvalue weighted by atomic mass is 35.5. The largest absolute Gasteiger partial charge is 0.489 e. The molecule has 2 nitrogen and oxygen atoms in total. The Kier molecular flexibility index (Phi) is 5.57. The van der Waals surface area contributed by atoms with Crippen molar-refractivity contribution in [3.63, 3.8) is 0 Å². The van der Waals surface area contributed by atoms with Crippen LogP contribution < -0.4 is 9.64 Å². The Morgan fingerprint density at radius 2 is 1.60 bits per heavy atom. The predicted octanol–water partition coefficient (Wildman–Crippen LogP) is 4.90. The van der Waals surface area contributed by atoms with Gasteiger partial charge in [-0.1, -0.05) is 47.5 Å². The molecular formula is C16H17Cl2NO. The predicted molar refractivity (Wildman–Crippen MR) is 86.3 cm³/mol. The van der Waals surface area contributed by atoms with Crippen molar-refractivity contribution in [3.05, 3.63) is 58.6 Å². The average Bonchev–Trinajstić information content (AvgIpc) is 2.47. The highest BCUT2D eigenvalue weighted by Gasteiger charge is 2.08. The van der Waals surface area contributed by atoms with Gasteiger partial charge in [0.2, 0.25) is 0 Å². The van der Waals surface area contributed by atoms with E-state index in [0.717, 1.165) is 13.1 Å². The zero-order valence-electron chi connectivity index (χ0n) is 11.4. The Labute approximate surface area is 129 Å². The lowest BCUT2D eigenvalue weighted by molar-refractivity contribution is 0.324. The van der Waals surface area contributed by atoms with E-state index in [0.29, 0.717) is 22.4 Å². The third kappa shape index (κ3) is 3.81. The van der Waals surface area contributed by atoms with Gasteiger partial charge in [0.1, 0.15) is 6.61 Å². The molecule has 0 radical (unpaired) electrons. The molecule has 0 fully saturated rings. The van der Waals surface area contributed by atoms with Gasteiger partial charge in [0.25, 0.3) is 0 Å². The van der Waals surface area contributed by atoms with Gasteiger partial charge < -0.3 is 9.64 Å². The monoisotopic (exact) mass is 309 g/mol. The number of rotatable bonds is 6. The lowest BCUT2D eigenvalue weighted by Gasteiger charge is -2.23. The number of halogens is 2. The highest BCUT2D eigenvalue weighted by molar-refractivity contribution is 6.37. The van der Waals surface area contributed by atoms with E-state index in [9.17, 15) is 0 Å². The van der Waals surface area contributed by atoms with Crippen molar-refractivity contribution in [3.8, 4) is 5.75 Å². The molecule has 4 heteroatoms. The molecule has 0 atom stereocenters. The van der Waals surface area contributed by atoms with Crippen LogP contribution >= 0.6 is 23.2 Å². The Hall–Kier alpha value is -1.38. The maximum absolute atomic E-state index is 6.07. The third-order valence-corrected chi connectivity index (χ3v) is 3.62. The van der Waals surface area contributed by atoms with E-state index in [1.807, 2.05) is 18.2 Å². The lowest BCUT2D eigenvalue weighted by atomic mass is 10.3. The molecule has 0 aliphatic rings. The number of likely N-dealkylation sites (N-methyl/N-ethyl adjacent to an activating group) is 1. The lowest BCUT2D eigenvalue weighted by Crippen LogP contribution is -2.28. The standard InChI is InChI=1S/C16H17Cl2NO/c1-2-19(13-7-4-3-5-8-13)11-12-20-16-14(17)9-6-10-15(16)18/h3-10H,2,11-12H2,1H3. The van der Waals surface area contributed by atoms with Crippen LogP contribution in [0.2, 0.25) is 10.0 Å². The first-order valence-corrected chi connectivity index (χ1v) is 7.34. The van der Waals surface area contributed by atoms with Crippen LogP contribution in [-0.4, -0.2) is 19.7 Å². The van der Waals surface area contributed by atoms with Gasteiger partial charge in [-0.15, -0.1) is 0 Å². The molecule has 0 unspecified atom stereocenters. The van der Waals surface area contributed by atoms with Crippen molar-refractivity contribution < 1.29 is 4.74 Å². The van der Waals surface area contributed by atoms with Crippen molar-refractivity contribution in [1.82, 2.24) is 0 Å². The molecule has 0 aliphatic heterocycles. The van der Waals surface area contributed by atoms with E-state index in [1.54, 1.807) is 18.2 Å². The van der Waals surface area contributed by atoms with E-state index >= 15 is 0 Å². The quantitative estimate of drug-likeness (QED) is 0.752. The zero-order valence-corrected chi connectivity index (χ0v) is 12.9. The van der Waals surface area contributed by atoms with Crippen molar-refractivity contribution in [1.29, 1.82) is 0 Å². The van der Waals surface area contributed by atoms with Gasteiger partial charge in [0.05, 0.1) is 16.6 Å². The summed E-state index contributed by atoms with van der Waals surface area (Å²) in [4.78, 5) is 2.24. The smallest absolute Gasteiger partial charge is 0.156 e. The molecule has 106 valence electrons. The molecule has 0 heterocycles. The first-order valence-electron chi connectivity index (χ1n) is 6.59. The van der Waals surface area contributed by atoms with Crippen LogP contribution in [0.3, 0.4) is 0 Å². The minimum absolute atomic E-state index is 0.534. The summed E-state index contributed by atoms with van der Waals surface area (Å²) in [6, 6.07) is 15.6. The van der Waals surface area contributed by atoms with Crippen LogP contribution in [0.4, 0.5) is 5.69 Å². The second kappa shape index (κ2) is 7.41. The first-order chi connectivity index (χ1) is 9.72. The summed E-state index contributed by atoms with van der Waals surface area (Å²) < 4.78 is 5.72. The molecule has 20 heavy (non-hydrogen) atoms. The molecule has 0 aliphatic carbocycles. The number of hydrogen-bond acceptors (Lipinski definition) is 2. The summed E-state index contributed by atoms with van der Waals surface area (Å²) in [5.74, 6) is 0.556. The number of nitrogens with zero attached hydrogens (tertiary/aromatic N) is 1. The Morgan fingerprint density at radius 3 is 2.20 bits per heavy atom. The fourth-order valence-corrected chi connectivity index (χ4v) is 2.49. The van der Waals surface area contributed by atoms with Gasteiger partial charge in [-0.3, -0.25) is 0 Å². The number of benzene rings is 2. The maximum Gasteiger partial charge on any atom is 0.156 e. The Morgan fingerprint density at radius 1 is 0.950 bits per heavy atom. The van der Waals surface area contributed by atoms with Crippen LogP contribution in [0.15, 0.2) is 48.5 Å². The molecular weight excluding hydrogens is 293 g/mol. The van der Waals surface area contributed by atoms with Crippen LogP contribution in [0.1, 0.15) is 6.92 Å². The van der Waals surface area contributed by atoms with E-state index in [2.05, 4.69) is 24.0 Å². The summed E-state index contributed by atoms with van der Waals surface area (Å²) in [7, 11) is 0. The van der Waals surface area contributed by atoms with Gasteiger partial charge in [0, 0.05) is 12.2 Å². The van der Waals surface area contributed by atoms with Crippen molar-refractivity contribution in [2.45, 2.75) is 6.92 Å². The zero-order chi connectivity index (χ0) is 14.4. The van der Waals surface area contributed by atoms with Gasteiger partial charge in [0.15, 0.2) is 5.75 Å². The van der Waals surface area contributed by atoms with E-state index in [-0.39, 0.29) is 0 Å². The van der Waals surface area contributed by atoms with Crippen LogP contribution in [-0.2, 0) is 0 Å². The van der Waals surface area contributed by atoms with Crippen molar-refractivity contribution in [2.75, 3.05) is 24.6 Å².